The van der Waals surface area contributed by atoms with E-state index in [-0.39, 0.29) is 18.0 Å². The van der Waals surface area contributed by atoms with Crippen molar-refractivity contribution in [1.29, 1.82) is 5.41 Å². The smallest absolute Gasteiger partial charge is 0.148 e. The van der Waals surface area contributed by atoms with Gasteiger partial charge >= 0.3 is 0 Å². The molecule has 0 radical (unpaired) electrons. The zero-order valence-electron chi connectivity index (χ0n) is 12.5. The summed E-state index contributed by atoms with van der Waals surface area (Å²) < 4.78 is 7.68. The normalized spacial score (nSPS) is 29.0. The van der Waals surface area contributed by atoms with Crippen LogP contribution in [0.25, 0.3) is 10.8 Å². The lowest BCUT2D eigenvalue weighted by Crippen LogP contribution is -2.28. The Hall–Kier alpha value is -2.29. The van der Waals surface area contributed by atoms with E-state index in [0.29, 0.717) is 11.6 Å². The van der Waals surface area contributed by atoms with Crippen molar-refractivity contribution in [3.05, 3.63) is 23.8 Å². The third-order valence-corrected chi connectivity index (χ3v) is 4.45. The molecular weight excluding hydrogens is 298 g/mol. The highest BCUT2D eigenvalue weighted by molar-refractivity contribution is 6.06. The molecule has 1 fully saturated rings. The molecular formula is C15H17N5O3. The van der Waals surface area contributed by atoms with E-state index in [1.165, 1.54) is 6.34 Å². The minimum atomic E-state index is -0.734. The average Bonchev–Trinajstić information content (AvgIpc) is 2.99. The Morgan fingerprint density at radius 3 is 3.00 bits per heavy atom. The van der Waals surface area contributed by atoms with Crippen molar-refractivity contribution < 1.29 is 14.9 Å². The van der Waals surface area contributed by atoms with E-state index < -0.39 is 18.4 Å². The van der Waals surface area contributed by atoms with Gasteiger partial charge in [0.05, 0.1) is 24.4 Å². The first kappa shape index (κ1) is 14.3. The molecule has 0 saturated carbocycles. The van der Waals surface area contributed by atoms with Gasteiger partial charge in [-0.15, -0.1) is 0 Å². The number of aliphatic imine (C=N–C) groups is 1. The topological polar surface area (TPSA) is 116 Å². The van der Waals surface area contributed by atoms with Crippen LogP contribution in [0.1, 0.15) is 13.2 Å². The van der Waals surface area contributed by atoms with E-state index in [9.17, 15) is 10.2 Å². The van der Waals surface area contributed by atoms with E-state index in [1.54, 1.807) is 6.07 Å². The Labute approximate surface area is 131 Å². The Balaban J connectivity index is 1.91. The second-order valence-electron chi connectivity index (χ2n) is 5.87. The quantitative estimate of drug-likeness (QED) is 0.643. The van der Waals surface area contributed by atoms with E-state index in [4.69, 9.17) is 10.1 Å². The van der Waals surface area contributed by atoms with Crippen LogP contribution in [0.5, 0.6) is 0 Å². The number of rotatable bonds is 2. The maximum atomic E-state index is 10.2. The molecule has 0 amide bonds. The van der Waals surface area contributed by atoms with Gasteiger partial charge in [-0.3, -0.25) is 5.41 Å². The summed E-state index contributed by atoms with van der Waals surface area (Å²) in [7, 11) is 0. The molecule has 8 nitrogen and oxygen atoms in total. The first-order valence-corrected chi connectivity index (χ1v) is 7.44. The summed E-state index contributed by atoms with van der Waals surface area (Å²) in [6.45, 7) is 1.65. The lowest BCUT2D eigenvalue weighted by Gasteiger charge is -2.20. The van der Waals surface area contributed by atoms with Crippen LogP contribution in [0.2, 0.25) is 0 Å². The van der Waals surface area contributed by atoms with E-state index >= 15 is 0 Å². The highest BCUT2D eigenvalue weighted by atomic mass is 16.5. The van der Waals surface area contributed by atoms with Crippen LogP contribution in [0.15, 0.2) is 23.3 Å². The maximum absolute atomic E-state index is 10.2. The molecule has 2 aliphatic rings. The number of anilines is 1. The van der Waals surface area contributed by atoms with Crippen molar-refractivity contribution in [3.63, 3.8) is 0 Å². The Morgan fingerprint density at radius 1 is 1.43 bits per heavy atom. The predicted molar refractivity (Wildman–Crippen MR) is 83.5 cm³/mol. The molecule has 2 aromatic heterocycles. The molecule has 120 valence electrons. The average molecular weight is 315 g/mol. The first-order valence-electron chi connectivity index (χ1n) is 7.44. The number of ether oxygens (including phenoxy) is 1. The third kappa shape index (κ3) is 2.07. The zero-order chi connectivity index (χ0) is 16.1. The Bertz CT molecular complexity index is 862. The number of aromatic nitrogens is 2. The summed E-state index contributed by atoms with van der Waals surface area (Å²) in [5, 5.41) is 31.9. The molecule has 0 aliphatic carbocycles. The molecule has 4 heterocycles. The fraction of sp³-hybridized carbons (Fsp3) is 0.400. The van der Waals surface area contributed by atoms with Gasteiger partial charge in [-0.1, -0.05) is 6.92 Å². The van der Waals surface area contributed by atoms with Crippen LogP contribution < -0.4 is 10.8 Å². The zero-order valence-corrected chi connectivity index (χ0v) is 12.5. The van der Waals surface area contributed by atoms with Gasteiger partial charge in [-0.05, 0) is 12.1 Å². The van der Waals surface area contributed by atoms with Crippen LogP contribution in [-0.4, -0.2) is 44.9 Å². The summed E-state index contributed by atoms with van der Waals surface area (Å²) in [4.78, 5) is 8.61. The summed E-state index contributed by atoms with van der Waals surface area (Å²) in [5.74, 6) is 1.05. The van der Waals surface area contributed by atoms with E-state index in [0.717, 1.165) is 10.8 Å². The number of hydrogen-bond donors (Lipinski definition) is 4. The second kappa shape index (κ2) is 5.12. The van der Waals surface area contributed by atoms with Crippen LogP contribution >= 0.6 is 0 Å². The molecule has 0 spiro atoms. The molecule has 4 atom stereocenters. The van der Waals surface area contributed by atoms with Gasteiger partial charge in [-0.25, -0.2) is 9.98 Å². The van der Waals surface area contributed by atoms with Gasteiger partial charge in [0, 0.05) is 17.5 Å². The Morgan fingerprint density at radius 2 is 2.26 bits per heavy atom. The third-order valence-electron chi connectivity index (χ3n) is 4.45. The van der Waals surface area contributed by atoms with Gasteiger partial charge in [0.25, 0.3) is 0 Å². The highest BCUT2D eigenvalue weighted by Gasteiger charge is 2.42. The van der Waals surface area contributed by atoms with E-state index in [1.807, 2.05) is 23.8 Å². The molecule has 1 saturated heterocycles. The SMILES string of the molecule is C[C@@H]1C(n2cc3ccc(=N)nc4c3c2N=CN4)O[C@H](CO)[C@H]1O. The van der Waals surface area contributed by atoms with Crippen molar-refractivity contribution in [1.82, 2.24) is 9.55 Å². The minimum absolute atomic E-state index is 0.165. The van der Waals surface area contributed by atoms with Gasteiger partial charge in [-0.2, -0.15) is 0 Å². The molecule has 8 heteroatoms. The standard InChI is InChI=1S/C15H17N5O3/c1-7-12(22)9(5-21)23-15(7)20-4-8-2-3-10(16)19-13-11(8)14(20)18-6-17-13/h2-4,6-7,9,12,15,21-22H,5H2,1H3,(H2,16,17,18,19)/t7-,9+,12-,15?/m0/s1. The fourth-order valence-electron chi connectivity index (χ4n) is 3.23. The van der Waals surface area contributed by atoms with Gasteiger partial charge < -0.3 is 24.8 Å². The number of hydrogen-bond acceptors (Lipinski definition) is 7. The summed E-state index contributed by atoms with van der Waals surface area (Å²) in [6.07, 6.45) is 1.65. The molecule has 1 unspecified atom stereocenters. The van der Waals surface area contributed by atoms with Crippen molar-refractivity contribution in [2.75, 3.05) is 11.9 Å². The van der Waals surface area contributed by atoms with Gasteiger partial charge in [0.2, 0.25) is 0 Å². The number of nitrogens with zero attached hydrogens (tertiary/aromatic N) is 3. The summed E-state index contributed by atoms with van der Waals surface area (Å²) in [6, 6.07) is 3.44. The predicted octanol–water partition coefficient (Wildman–Crippen LogP) is 0.488. The number of aliphatic hydroxyl groups excluding tert-OH is 2. The van der Waals surface area contributed by atoms with Crippen molar-refractivity contribution in [2.45, 2.75) is 25.4 Å². The van der Waals surface area contributed by atoms with Crippen molar-refractivity contribution >= 4 is 28.7 Å². The molecule has 2 aromatic rings. The Kier molecular flexibility index (Phi) is 3.19. The number of nitrogens with one attached hydrogen (secondary N) is 2. The lowest BCUT2D eigenvalue weighted by molar-refractivity contribution is -0.0450. The highest BCUT2D eigenvalue weighted by Crippen LogP contribution is 2.42. The van der Waals surface area contributed by atoms with Crippen molar-refractivity contribution in [2.24, 2.45) is 10.9 Å². The van der Waals surface area contributed by atoms with Crippen LogP contribution in [-0.2, 0) is 4.74 Å². The molecule has 0 bridgehead atoms. The summed E-state index contributed by atoms with van der Waals surface area (Å²) >= 11 is 0. The molecule has 4 N–H and O–H groups in total. The van der Waals surface area contributed by atoms with Gasteiger partial charge in [0.1, 0.15) is 29.5 Å². The largest absolute Gasteiger partial charge is 0.394 e. The van der Waals surface area contributed by atoms with Crippen LogP contribution in [0.3, 0.4) is 0 Å². The van der Waals surface area contributed by atoms with Crippen molar-refractivity contribution in [3.8, 4) is 0 Å². The molecule has 0 aromatic carbocycles. The van der Waals surface area contributed by atoms with Crippen LogP contribution in [0, 0.1) is 11.3 Å². The fourth-order valence-corrected chi connectivity index (χ4v) is 3.23. The van der Waals surface area contributed by atoms with Gasteiger partial charge in [0.15, 0.2) is 0 Å². The lowest BCUT2D eigenvalue weighted by atomic mass is 10.0. The number of aliphatic hydroxyl groups is 2. The maximum Gasteiger partial charge on any atom is 0.148 e. The molecule has 4 rings (SSSR count). The molecule has 2 aliphatic heterocycles. The first-order chi connectivity index (χ1) is 11.1. The second-order valence-corrected chi connectivity index (χ2v) is 5.87. The van der Waals surface area contributed by atoms with Crippen LogP contribution in [0.4, 0.5) is 11.6 Å². The monoisotopic (exact) mass is 315 g/mol. The summed E-state index contributed by atoms with van der Waals surface area (Å²) in [5.41, 5.74) is 0.165. The van der Waals surface area contributed by atoms with E-state index in [2.05, 4.69) is 15.3 Å². The minimum Gasteiger partial charge on any atom is -0.394 e. The molecule has 23 heavy (non-hydrogen) atoms.